The number of nitrogens with one attached hydrogen (secondary N) is 2. The number of aromatic amines is 1. The smallest absolute Gasteiger partial charge is 0.257 e. The first-order chi connectivity index (χ1) is 18.9. The van der Waals surface area contributed by atoms with E-state index in [0.717, 1.165) is 41.6 Å². The molecule has 5 rings (SSSR count). The van der Waals surface area contributed by atoms with Crippen LogP contribution in [0.25, 0.3) is 11.1 Å². The molecule has 0 radical (unpaired) electrons. The summed E-state index contributed by atoms with van der Waals surface area (Å²) in [5.74, 6) is 0.705. The van der Waals surface area contributed by atoms with E-state index in [0.29, 0.717) is 41.7 Å². The molecule has 0 bridgehead atoms. The Bertz CT molecular complexity index is 1420. The van der Waals surface area contributed by atoms with E-state index >= 15 is 0 Å². The molecular weight excluding hydrogens is 486 g/mol. The van der Waals surface area contributed by atoms with Crippen LogP contribution in [-0.4, -0.2) is 45.0 Å². The van der Waals surface area contributed by atoms with E-state index in [4.69, 9.17) is 0 Å². The minimum Gasteiger partial charge on any atom is -0.339 e. The second-order valence-electron chi connectivity index (χ2n) is 10.8. The second kappa shape index (κ2) is 11.6. The number of aryl methyl sites for hydroxylation is 1. The van der Waals surface area contributed by atoms with Crippen LogP contribution >= 0.6 is 0 Å². The summed E-state index contributed by atoms with van der Waals surface area (Å²) in [5.41, 5.74) is 7.13. The zero-order valence-electron chi connectivity index (χ0n) is 22.8. The fourth-order valence-electron chi connectivity index (χ4n) is 5.14. The van der Waals surface area contributed by atoms with Crippen molar-refractivity contribution >= 4 is 17.5 Å². The van der Waals surface area contributed by atoms with Crippen molar-refractivity contribution in [1.82, 2.24) is 20.1 Å². The molecule has 3 heterocycles. The Balaban J connectivity index is 1.20. The number of likely N-dealkylation sites (tertiary alicyclic amines) is 1. The third-order valence-corrected chi connectivity index (χ3v) is 7.43. The second-order valence-corrected chi connectivity index (χ2v) is 10.8. The third-order valence-electron chi connectivity index (χ3n) is 7.43. The molecule has 2 aromatic heterocycles. The topological polar surface area (TPSA) is 91.0 Å². The molecule has 4 aromatic rings. The summed E-state index contributed by atoms with van der Waals surface area (Å²) in [4.78, 5) is 32.6. The van der Waals surface area contributed by atoms with Gasteiger partial charge in [0.05, 0.1) is 11.8 Å². The number of H-pyrrole nitrogens is 1. The van der Waals surface area contributed by atoms with Crippen LogP contribution < -0.4 is 5.32 Å². The maximum atomic E-state index is 13.4. The predicted octanol–water partition coefficient (Wildman–Crippen LogP) is 6.25. The number of pyridine rings is 1. The fourth-order valence-corrected chi connectivity index (χ4v) is 5.14. The van der Waals surface area contributed by atoms with Gasteiger partial charge in [0, 0.05) is 48.0 Å². The van der Waals surface area contributed by atoms with E-state index in [-0.39, 0.29) is 11.8 Å². The zero-order valence-corrected chi connectivity index (χ0v) is 22.8. The van der Waals surface area contributed by atoms with Crippen LogP contribution in [0.4, 0.5) is 5.69 Å². The van der Waals surface area contributed by atoms with Crippen LogP contribution in [0.15, 0.2) is 73.2 Å². The van der Waals surface area contributed by atoms with Crippen LogP contribution in [0.3, 0.4) is 0 Å². The Morgan fingerprint density at radius 2 is 1.72 bits per heavy atom. The first-order valence-electron chi connectivity index (χ1n) is 13.6. The zero-order chi connectivity index (χ0) is 27.4. The van der Waals surface area contributed by atoms with Crippen LogP contribution in [0.1, 0.15) is 70.1 Å². The van der Waals surface area contributed by atoms with Crippen molar-refractivity contribution in [3.05, 3.63) is 101 Å². The summed E-state index contributed by atoms with van der Waals surface area (Å²) in [7, 11) is 0. The number of hydrogen-bond acceptors (Lipinski definition) is 4. The number of carbonyl (C=O) groups excluding carboxylic acids is 2. The molecule has 2 aromatic carbocycles. The predicted molar refractivity (Wildman–Crippen MR) is 154 cm³/mol. The van der Waals surface area contributed by atoms with Gasteiger partial charge in [-0.1, -0.05) is 44.2 Å². The van der Waals surface area contributed by atoms with Gasteiger partial charge in [0.2, 0.25) is 0 Å². The first-order valence-corrected chi connectivity index (χ1v) is 13.6. The molecule has 39 heavy (non-hydrogen) atoms. The third kappa shape index (κ3) is 6.25. The number of piperidine rings is 1. The monoisotopic (exact) mass is 521 g/mol. The number of carbonyl (C=O) groups is 2. The van der Waals surface area contributed by atoms with Gasteiger partial charge in [0.1, 0.15) is 0 Å². The summed E-state index contributed by atoms with van der Waals surface area (Å²) < 4.78 is 0. The highest BCUT2D eigenvalue weighted by atomic mass is 16.2. The normalized spacial score (nSPS) is 14.0. The van der Waals surface area contributed by atoms with Gasteiger partial charge in [-0.25, -0.2) is 0 Å². The minimum absolute atomic E-state index is 0.000963. The molecule has 7 heteroatoms. The van der Waals surface area contributed by atoms with Gasteiger partial charge >= 0.3 is 0 Å². The van der Waals surface area contributed by atoms with Gasteiger partial charge in [-0.2, -0.15) is 5.10 Å². The van der Waals surface area contributed by atoms with Gasteiger partial charge in [0.25, 0.3) is 11.8 Å². The standard InChI is InChI=1S/C32H35N5O2/c1-21(2)16-29-11-10-27(18-33-29)31(38)36-30-17-26(5-4-22(30)3)32(39)37-14-12-25(13-15-37)23-6-8-24(9-7-23)28-19-34-35-20-28/h4-11,17-21,25H,12-16H2,1-3H3,(H,34,35)(H,36,38). The van der Waals surface area contributed by atoms with E-state index < -0.39 is 0 Å². The van der Waals surface area contributed by atoms with Crippen LogP contribution in [0.5, 0.6) is 0 Å². The van der Waals surface area contributed by atoms with E-state index in [1.54, 1.807) is 18.3 Å². The van der Waals surface area contributed by atoms with Crippen molar-refractivity contribution < 1.29 is 9.59 Å². The maximum absolute atomic E-state index is 13.4. The molecule has 0 unspecified atom stereocenters. The Morgan fingerprint density at radius 3 is 2.36 bits per heavy atom. The molecular formula is C32H35N5O2. The molecule has 0 spiro atoms. The van der Waals surface area contributed by atoms with Crippen LogP contribution in [0, 0.1) is 12.8 Å². The van der Waals surface area contributed by atoms with Crippen molar-refractivity contribution in [2.75, 3.05) is 18.4 Å². The average molecular weight is 522 g/mol. The molecule has 0 atom stereocenters. The van der Waals surface area contributed by atoms with Crippen LogP contribution in [-0.2, 0) is 6.42 Å². The Morgan fingerprint density at radius 1 is 0.974 bits per heavy atom. The molecule has 2 N–H and O–H groups in total. The first kappa shape index (κ1) is 26.4. The quantitative estimate of drug-likeness (QED) is 0.301. The van der Waals surface area contributed by atoms with Crippen molar-refractivity contribution in [3.63, 3.8) is 0 Å². The highest BCUT2D eigenvalue weighted by Crippen LogP contribution is 2.31. The van der Waals surface area contributed by atoms with E-state index in [9.17, 15) is 9.59 Å². The summed E-state index contributed by atoms with van der Waals surface area (Å²) in [6.45, 7) is 7.62. The van der Waals surface area contributed by atoms with Gasteiger partial charge in [-0.3, -0.25) is 19.7 Å². The average Bonchev–Trinajstić information content (AvgIpc) is 3.49. The molecule has 1 aliphatic rings. The fraction of sp³-hybridized carbons (Fsp3) is 0.312. The number of rotatable bonds is 7. The molecule has 0 aliphatic carbocycles. The van der Waals surface area contributed by atoms with Gasteiger partial charge < -0.3 is 10.2 Å². The van der Waals surface area contributed by atoms with Crippen molar-refractivity contribution in [2.24, 2.45) is 5.92 Å². The lowest BCUT2D eigenvalue weighted by molar-refractivity contribution is 0.0712. The van der Waals surface area contributed by atoms with Crippen LogP contribution in [0.2, 0.25) is 0 Å². The molecule has 1 saturated heterocycles. The number of nitrogens with zero attached hydrogens (tertiary/aromatic N) is 3. The molecule has 1 fully saturated rings. The molecule has 200 valence electrons. The number of hydrogen-bond donors (Lipinski definition) is 2. The minimum atomic E-state index is -0.231. The van der Waals surface area contributed by atoms with Gasteiger partial charge in [-0.15, -0.1) is 0 Å². The molecule has 1 aliphatic heterocycles. The van der Waals surface area contributed by atoms with Gasteiger partial charge in [0.15, 0.2) is 0 Å². The summed E-state index contributed by atoms with van der Waals surface area (Å²) >= 11 is 0. The lowest BCUT2D eigenvalue weighted by atomic mass is 9.88. The van der Waals surface area contributed by atoms with E-state index in [1.165, 1.54) is 5.56 Å². The number of aromatic nitrogens is 3. The largest absolute Gasteiger partial charge is 0.339 e. The summed E-state index contributed by atoms with van der Waals surface area (Å²) in [6, 6.07) is 17.9. The van der Waals surface area contributed by atoms with Crippen molar-refractivity contribution in [1.29, 1.82) is 0 Å². The Hall–Kier alpha value is -4.26. The van der Waals surface area contributed by atoms with Crippen molar-refractivity contribution in [2.45, 2.75) is 46.0 Å². The molecule has 0 saturated carbocycles. The lowest BCUT2D eigenvalue weighted by Crippen LogP contribution is -2.38. The van der Waals surface area contributed by atoms with E-state index in [1.807, 2.05) is 42.4 Å². The van der Waals surface area contributed by atoms with Gasteiger partial charge in [-0.05, 0) is 79.0 Å². The highest BCUT2D eigenvalue weighted by molar-refractivity contribution is 6.05. The lowest BCUT2D eigenvalue weighted by Gasteiger charge is -2.32. The Labute approximate surface area is 229 Å². The summed E-state index contributed by atoms with van der Waals surface area (Å²) in [5, 5.41) is 9.85. The molecule has 2 amide bonds. The molecule has 7 nitrogen and oxygen atoms in total. The van der Waals surface area contributed by atoms with E-state index in [2.05, 4.69) is 58.6 Å². The Kier molecular flexibility index (Phi) is 7.87. The SMILES string of the molecule is Cc1ccc(C(=O)N2CCC(c3ccc(-c4cn[nH]c4)cc3)CC2)cc1NC(=O)c1ccc(CC(C)C)nc1. The number of amides is 2. The highest BCUT2D eigenvalue weighted by Gasteiger charge is 2.25. The maximum Gasteiger partial charge on any atom is 0.257 e. The number of anilines is 1. The summed E-state index contributed by atoms with van der Waals surface area (Å²) in [6.07, 6.45) is 8.05. The number of benzene rings is 2. The van der Waals surface area contributed by atoms with Crippen molar-refractivity contribution in [3.8, 4) is 11.1 Å².